The standard InChI is InChI=1S/C22H19N3/c1-14-6-4-8-19-12-18(10-11-21(14)19)17-7-5-9-20(13-17)22-24-15(2)23-16(3)25-22/h4-13H,1-3H3. The topological polar surface area (TPSA) is 38.7 Å². The Hall–Kier alpha value is -3.07. The minimum Gasteiger partial charge on any atom is -0.219 e. The highest BCUT2D eigenvalue weighted by Crippen LogP contribution is 2.28. The maximum Gasteiger partial charge on any atom is 0.163 e. The molecule has 3 heteroatoms. The van der Waals surface area contributed by atoms with Crippen LogP contribution in [0.3, 0.4) is 0 Å². The summed E-state index contributed by atoms with van der Waals surface area (Å²) in [5.74, 6) is 2.21. The van der Waals surface area contributed by atoms with Crippen molar-refractivity contribution < 1.29 is 0 Å². The van der Waals surface area contributed by atoms with E-state index in [1.54, 1.807) is 0 Å². The van der Waals surface area contributed by atoms with E-state index < -0.39 is 0 Å². The molecule has 0 aliphatic rings. The first-order chi connectivity index (χ1) is 12.1. The van der Waals surface area contributed by atoms with Gasteiger partial charge >= 0.3 is 0 Å². The van der Waals surface area contributed by atoms with Gasteiger partial charge in [0.25, 0.3) is 0 Å². The molecule has 0 bridgehead atoms. The van der Waals surface area contributed by atoms with Gasteiger partial charge in [0.15, 0.2) is 5.82 Å². The summed E-state index contributed by atoms with van der Waals surface area (Å²) in [5, 5.41) is 2.56. The Balaban J connectivity index is 1.81. The van der Waals surface area contributed by atoms with Crippen LogP contribution in [-0.4, -0.2) is 15.0 Å². The molecule has 25 heavy (non-hydrogen) atoms. The van der Waals surface area contributed by atoms with Crippen LogP contribution in [0.4, 0.5) is 0 Å². The predicted molar refractivity (Wildman–Crippen MR) is 102 cm³/mol. The molecule has 0 unspecified atom stereocenters. The lowest BCUT2D eigenvalue weighted by molar-refractivity contribution is 0.928. The Labute approximate surface area is 147 Å². The zero-order valence-electron chi connectivity index (χ0n) is 14.6. The lowest BCUT2D eigenvalue weighted by Gasteiger charge is -2.08. The van der Waals surface area contributed by atoms with Crippen molar-refractivity contribution in [3.63, 3.8) is 0 Å². The highest BCUT2D eigenvalue weighted by atomic mass is 15.0. The lowest BCUT2D eigenvalue weighted by Crippen LogP contribution is -1.98. The van der Waals surface area contributed by atoms with Gasteiger partial charge in [0.1, 0.15) is 11.6 Å². The SMILES string of the molecule is Cc1nc(C)nc(-c2cccc(-c3ccc4c(C)cccc4c3)c2)n1. The maximum atomic E-state index is 4.48. The van der Waals surface area contributed by atoms with Gasteiger partial charge in [-0.3, -0.25) is 0 Å². The molecule has 0 atom stereocenters. The van der Waals surface area contributed by atoms with E-state index >= 15 is 0 Å². The molecule has 3 nitrogen and oxygen atoms in total. The fourth-order valence-corrected chi connectivity index (χ4v) is 3.21. The number of rotatable bonds is 2. The van der Waals surface area contributed by atoms with E-state index in [2.05, 4.69) is 76.5 Å². The Morgan fingerprint density at radius 2 is 1.28 bits per heavy atom. The van der Waals surface area contributed by atoms with Gasteiger partial charge in [-0.25, -0.2) is 15.0 Å². The molecule has 0 saturated heterocycles. The summed E-state index contributed by atoms with van der Waals surface area (Å²) in [5.41, 5.74) is 4.67. The molecule has 0 aliphatic heterocycles. The summed E-state index contributed by atoms with van der Waals surface area (Å²) in [6, 6.07) is 21.4. The third kappa shape index (κ3) is 3.01. The number of nitrogens with zero attached hydrogens (tertiary/aromatic N) is 3. The molecule has 3 aromatic carbocycles. The van der Waals surface area contributed by atoms with E-state index in [1.807, 2.05) is 19.9 Å². The van der Waals surface area contributed by atoms with Crippen molar-refractivity contribution in [2.24, 2.45) is 0 Å². The molecular formula is C22H19N3. The number of fused-ring (bicyclic) bond motifs is 1. The molecule has 0 N–H and O–H groups in total. The summed E-state index contributed by atoms with van der Waals surface area (Å²) in [7, 11) is 0. The molecule has 1 heterocycles. The molecule has 0 spiro atoms. The summed E-state index contributed by atoms with van der Waals surface area (Å²) in [6.07, 6.45) is 0. The highest BCUT2D eigenvalue weighted by Gasteiger charge is 2.07. The van der Waals surface area contributed by atoms with Crippen LogP contribution in [0, 0.1) is 20.8 Å². The summed E-state index contributed by atoms with van der Waals surface area (Å²) < 4.78 is 0. The van der Waals surface area contributed by atoms with Crippen LogP contribution in [0.5, 0.6) is 0 Å². The fraction of sp³-hybridized carbons (Fsp3) is 0.136. The predicted octanol–water partition coefficient (Wildman–Crippen LogP) is 5.28. The molecular weight excluding hydrogens is 306 g/mol. The Bertz CT molecular complexity index is 1060. The lowest BCUT2D eigenvalue weighted by atomic mass is 9.98. The zero-order valence-corrected chi connectivity index (χ0v) is 14.6. The molecule has 0 radical (unpaired) electrons. The number of benzene rings is 3. The molecule has 0 aliphatic carbocycles. The van der Waals surface area contributed by atoms with Crippen molar-refractivity contribution in [1.82, 2.24) is 15.0 Å². The minimum atomic E-state index is 0.725. The number of hydrogen-bond acceptors (Lipinski definition) is 3. The summed E-state index contributed by atoms with van der Waals surface area (Å²) in [6.45, 7) is 5.94. The highest BCUT2D eigenvalue weighted by molar-refractivity contribution is 5.90. The maximum absolute atomic E-state index is 4.48. The van der Waals surface area contributed by atoms with Crippen LogP contribution in [0.2, 0.25) is 0 Å². The molecule has 4 rings (SSSR count). The first kappa shape index (κ1) is 15.5. The van der Waals surface area contributed by atoms with Gasteiger partial charge in [-0.1, -0.05) is 48.5 Å². The van der Waals surface area contributed by atoms with Gasteiger partial charge in [-0.05, 0) is 60.4 Å². The molecule has 0 fully saturated rings. The second kappa shape index (κ2) is 6.10. The van der Waals surface area contributed by atoms with Crippen LogP contribution in [0.25, 0.3) is 33.3 Å². The van der Waals surface area contributed by atoms with E-state index in [0.29, 0.717) is 0 Å². The Morgan fingerprint density at radius 3 is 2.08 bits per heavy atom. The van der Waals surface area contributed by atoms with Gasteiger partial charge in [0.2, 0.25) is 0 Å². The van der Waals surface area contributed by atoms with Crippen LogP contribution in [0.1, 0.15) is 17.2 Å². The van der Waals surface area contributed by atoms with Crippen molar-refractivity contribution in [2.75, 3.05) is 0 Å². The van der Waals surface area contributed by atoms with Crippen LogP contribution in [0.15, 0.2) is 60.7 Å². The van der Waals surface area contributed by atoms with Crippen LogP contribution < -0.4 is 0 Å². The Kier molecular flexibility index (Phi) is 3.77. The van der Waals surface area contributed by atoms with Crippen molar-refractivity contribution >= 4 is 10.8 Å². The van der Waals surface area contributed by atoms with Gasteiger partial charge in [0.05, 0.1) is 0 Å². The average molecular weight is 325 g/mol. The molecule has 122 valence electrons. The molecule has 1 aromatic heterocycles. The van der Waals surface area contributed by atoms with E-state index in [9.17, 15) is 0 Å². The second-order valence-corrected chi connectivity index (χ2v) is 6.35. The van der Waals surface area contributed by atoms with E-state index in [-0.39, 0.29) is 0 Å². The Morgan fingerprint density at radius 1 is 0.600 bits per heavy atom. The zero-order chi connectivity index (χ0) is 17.4. The minimum absolute atomic E-state index is 0.725. The number of aryl methyl sites for hydroxylation is 3. The normalized spacial score (nSPS) is 11.0. The molecule has 4 aromatic rings. The van der Waals surface area contributed by atoms with Crippen LogP contribution >= 0.6 is 0 Å². The number of hydrogen-bond donors (Lipinski definition) is 0. The first-order valence-corrected chi connectivity index (χ1v) is 8.40. The average Bonchev–Trinajstić information content (AvgIpc) is 2.61. The van der Waals surface area contributed by atoms with E-state index in [1.165, 1.54) is 21.9 Å². The van der Waals surface area contributed by atoms with Crippen LogP contribution in [-0.2, 0) is 0 Å². The van der Waals surface area contributed by atoms with Gasteiger partial charge in [0, 0.05) is 5.56 Å². The quantitative estimate of drug-likeness (QED) is 0.503. The smallest absolute Gasteiger partial charge is 0.163 e. The molecule has 0 amide bonds. The van der Waals surface area contributed by atoms with Crippen molar-refractivity contribution in [1.29, 1.82) is 0 Å². The number of aromatic nitrogens is 3. The van der Waals surface area contributed by atoms with Crippen molar-refractivity contribution in [3.05, 3.63) is 77.9 Å². The second-order valence-electron chi connectivity index (χ2n) is 6.35. The summed E-state index contributed by atoms with van der Waals surface area (Å²) in [4.78, 5) is 13.2. The fourth-order valence-electron chi connectivity index (χ4n) is 3.21. The third-order valence-corrected chi connectivity index (χ3v) is 4.41. The first-order valence-electron chi connectivity index (χ1n) is 8.40. The van der Waals surface area contributed by atoms with E-state index in [0.717, 1.165) is 28.6 Å². The summed E-state index contributed by atoms with van der Waals surface area (Å²) >= 11 is 0. The van der Waals surface area contributed by atoms with E-state index in [4.69, 9.17) is 0 Å². The monoisotopic (exact) mass is 325 g/mol. The van der Waals surface area contributed by atoms with Crippen molar-refractivity contribution in [3.8, 4) is 22.5 Å². The third-order valence-electron chi connectivity index (χ3n) is 4.41. The largest absolute Gasteiger partial charge is 0.219 e. The van der Waals surface area contributed by atoms with Crippen molar-refractivity contribution in [2.45, 2.75) is 20.8 Å². The van der Waals surface area contributed by atoms with Gasteiger partial charge in [-0.15, -0.1) is 0 Å². The molecule has 0 saturated carbocycles. The van der Waals surface area contributed by atoms with Gasteiger partial charge < -0.3 is 0 Å². The van der Waals surface area contributed by atoms with Gasteiger partial charge in [-0.2, -0.15) is 0 Å².